The number of unbranched alkanes of at least 4 members (excludes halogenated alkanes) is 1. The lowest BCUT2D eigenvalue weighted by atomic mass is 10.2. The maximum Gasteiger partial charge on any atom is 0.338 e. The molecule has 0 aliphatic heterocycles. The fourth-order valence-electron chi connectivity index (χ4n) is 2.27. The monoisotopic (exact) mass is 369 g/mol. The molecule has 26 heavy (non-hydrogen) atoms. The van der Waals surface area contributed by atoms with E-state index in [1.807, 2.05) is 24.4 Å². The van der Waals surface area contributed by atoms with Gasteiger partial charge in [-0.3, -0.25) is 9.89 Å². The van der Waals surface area contributed by atoms with Gasteiger partial charge in [-0.15, -0.1) is 11.3 Å². The number of benzene rings is 1. The van der Waals surface area contributed by atoms with Crippen LogP contribution in [0.15, 0.2) is 47.8 Å². The van der Waals surface area contributed by atoms with Crippen LogP contribution in [0.25, 0.3) is 10.6 Å². The van der Waals surface area contributed by atoms with E-state index in [0.717, 1.165) is 23.4 Å². The molecule has 7 heteroatoms. The Labute approximate surface area is 155 Å². The van der Waals surface area contributed by atoms with Crippen molar-refractivity contribution in [1.29, 1.82) is 0 Å². The highest BCUT2D eigenvalue weighted by atomic mass is 32.1. The van der Waals surface area contributed by atoms with E-state index in [9.17, 15) is 9.59 Å². The Morgan fingerprint density at radius 3 is 2.73 bits per heavy atom. The van der Waals surface area contributed by atoms with E-state index in [1.54, 1.807) is 41.7 Å². The van der Waals surface area contributed by atoms with Crippen LogP contribution in [-0.2, 0) is 4.74 Å². The minimum absolute atomic E-state index is 0.302. The molecule has 1 amide bonds. The molecule has 0 fully saturated rings. The molecule has 2 aromatic heterocycles. The summed E-state index contributed by atoms with van der Waals surface area (Å²) in [4.78, 5) is 25.2. The van der Waals surface area contributed by atoms with Crippen LogP contribution in [0.1, 0.15) is 40.6 Å². The molecule has 6 nitrogen and oxygen atoms in total. The average Bonchev–Trinajstić information content (AvgIpc) is 3.34. The van der Waals surface area contributed by atoms with E-state index >= 15 is 0 Å². The number of aromatic nitrogens is 2. The molecule has 3 aromatic rings. The number of carbonyl (C=O) groups is 2. The van der Waals surface area contributed by atoms with Crippen LogP contribution in [0.4, 0.5) is 5.69 Å². The zero-order chi connectivity index (χ0) is 18.4. The normalized spacial score (nSPS) is 10.5. The van der Waals surface area contributed by atoms with Gasteiger partial charge in [0.1, 0.15) is 0 Å². The Kier molecular flexibility index (Phi) is 5.80. The third-order valence-corrected chi connectivity index (χ3v) is 4.61. The molecule has 0 unspecified atom stereocenters. The standard InChI is InChI=1S/C19H19N3O3S/c1-2-3-10-25-19(24)13-6-8-14(9-7-13)20-18(23)16-12-15(21-22-16)17-5-4-11-26-17/h4-9,11-12H,2-3,10H2,1H3,(H,20,23)(H,21,22). The first-order valence-corrected chi connectivity index (χ1v) is 9.23. The summed E-state index contributed by atoms with van der Waals surface area (Å²) in [5.41, 5.74) is 2.14. The van der Waals surface area contributed by atoms with E-state index in [0.29, 0.717) is 23.6 Å². The van der Waals surface area contributed by atoms with Crippen molar-refractivity contribution in [2.45, 2.75) is 19.8 Å². The van der Waals surface area contributed by atoms with Crippen molar-refractivity contribution in [3.05, 3.63) is 59.1 Å². The van der Waals surface area contributed by atoms with Gasteiger partial charge in [0.2, 0.25) is 0 Å². The summed E-state index contributed by atoms with van der Waals surface area (Å²) in [5, 5.41) is 11.6. The topological polar surface area (TPSA) is 84.1 Å². The van der Waals surface area contributed by atoms with Gasteiger partial charge in [-0.1, -0.05) is 19.4 Å². The van der Waals surface area contributed by atoms with Gasteiger partial charge < -0.3 is 10.1 Å². The number of aromatic amines is 1. The number of carbonyl (C=O) groups excluding carboxylic acids is 2. The summed E-state index contributed by atoms with van der Waals surface area (Å²) in [6, 6.07) is 12.2. The quantitative estimate of drug-likeness (QED) is 0.479. The highest BCUT2D eigenvalue weighted by molar-refractivity contribution is 7.13. The van der Waals surface area contributed by atoms with Gasteiger partial charge in [-0.2, -0.15) is 5.10 Å². The average molecular weight is 369 g/mol. The van der Waals surface area contributed by atoms with Crippen LogP contribution in [-0.4, -0.2) is 28.7 Å². The number of thiophene rings is 1. The molecule has 0 saturated carbocycles. The molecule has 2 heterocycles. The van der Waals surface area contributed by atoms with Gasteiger partial charge >= 0.3 is 5.97 Å². The Hall–Kier alpha value is -2.93. The lowest BCUT2D eigenvalue weighted by Crippen LogP contribution is -2.12. The Bertz CT molecular complexity index is 870. The summed E-state index contributed by atoms with van der Waals surface area (Å²) >= 11 is 1.57. The second-order valence-electron chi connectivity index (χ2n) is 5.67. The van der Waals surface area contributed by atoms with E-state index < -0.39 is 0 Å². The first kappa shape index (κ1) is 17.9. The molecule has 2 N–H and O–H groups in total. The highest BCUT2D eigenvalue weighted by Crippen LogP contribution is 2.23. The predicted octanol–water partition coefficient (Wildman–Crippen LogP) is 4.35. The molecule has 0 bridgehead atoms. The number of hydrogen-bond donors (Lipinski definition) is 2. The zero-order valence-corrected chi connectivity index (χ0v) is 15.1. The zero-order valence-electron chi connectivity index (χ0n) is 14.3. The molecule has 3 rings (SSSR count). The third kappa shape index (κ3) is 4.37. The third-order valence-electron chi connectivity index (χ3n) is 3.71. The van der Waals surface area contributed by atoms with Crippen molar-refractivity contribution in [2.75, 3.05) is 11.9 Å². The molecule has 134 valence electrons. The summed E-state index contributed by atoms with van der Waals surface area (Å²) in [7, 11) is 0. The van der Waals surface area contributed by atoms with Gasteiger partial charge in [-0.05, 0) is 48.2 Å². The molecule has 0 atom stereocenters. The summed E-state index contributed by atoms with van der Waals surface area (Å²) in [6.07, 6.45) is 1.82. The number of esters is 1. The fourth-order valence-corrected chi connectivity index (χ4v) is 2.97. The number of nitrogens with one attached hydrogen (secondary N) is 2. The van der Waals surface area contributed by atoms with Crippen molar-refractivity contribution < 1.29 is 14.3 Å². The van der Waals surface area contributed by atoms with Crippen molar-refractivity contribution in [1.82, 2.24) is 10.2 Å². The number of anilines is 1. The van der Waals surface area contributed by atoms with E-state index in [-0.39, 0.29) is 11.9 Å². The van der Waals surface area contributed by atoms with Gasteiger partial charge in [-0.25, -0.2) is 4.79 Å². The van der Waals surface area contributed by atoms with E-state index in [2.05, 4.69) is 15.5 Å². The lowest BCUT2D eigenvalue weighted by Gasteiger charge is -2.06. The van der Waals surface area contributed by atoms with Crippen molar-refractivity contribution in [3.8, 4) is 10.6 Å². The van der Waals surface area contributed by atoms with Crippen molar-refractivity contribution >= 4 is 28.9 Å². The summed E-state index contributed by atoms with van der Waals surface area (Å²) in [6.45, 7) is 2.45. The molecule has 0 aliphatic carbocycles. The van der Waals surface area contributed by atoms with Gasteiger partial charge in [0.05, 0.1) is 22.7 Å². The fraction of sp³-hybridized carbons (Fsp3) is 0.211. The largest absolute Gasteiger partial charge is 0.462 e. The molecular formula is C19H19N3O3S. The number of H-pyrrole nitrogens is 1. The second kappa shape index (κ2) is 8.44. The maximum absolute atomic E-state index is 12.3. The van der Waals surface area contributed by atoms with E-state index in [4.69, 9.17) is 4.74 Å². The SMILES string of the molecule is CCCCOC(=O)c1ccc(NC(=O)c2cc(-c3cccs3)[nH]n2)cc1. The van der Waals surface area contributed by atoms with Crippen LogP contribution < -0.4 is 5.32 Å². The lowest BCUT2D eigenvalue weighted by molar-refractivity contribution is 0.0499. The van der Waals surface area contributed by atoms with Crippen LogP contribution in [0.3, 0.4) is 0 Å². The van der Waals surface area contributed by atoms with Crippen molar-refractivity contribution in [3.63, 3.8) is 0 Å². The summed E-state index contributed by atoms with van der Waals surface area (Å²) < 4.78 is 5.16. The highest BCUT2D eigenvalue weighted by Gasteiger charge is 2.13. The Morgan fingerprint density at radius 2 is 2.04 bits per heavy atom. The first-order chi connectivity index (χ1) is 12.7. The van der Waals surface area contributed by atoms with Crippen LogP contribution in [0.5, 0.6) is 0 Å². The number of rotatable bonds is 7. The molecule has 0 spiro atoms. The number of ether oxygens (including phenoxy) is 1. The van der Waals surface area contributed by atoms with Gasteiger partial charge in [0.25, 0.3) is 5.91 Å². The minimum Gasteiger partial charge on any atom is -0.462 e. The maximum atomic E-state index is 12.3. The first-order valence-electron chi connectivity index (χ1n) is 8.35. The van der Waals surface area contributed by atoms with Gasteiger partial charge in [0.15, 0.2) is 5.69 Å². The van der Waals surface area contributed by atoms with Crippen LogP contribution in [0, 0.1) is 0 Å². The smallest absolute Gasteiger partial charge is 0.338 e. The van der Waals surface area contributed by atoms with Crippen LogP contribution >= 0.6 is 11.3 Å². The van der Waals surface area contributed by atoms with Gasteiger partial charge in [0, 0.05) is 5.69 Å². The molecule has 0 saturated heterocycles. The molecule has 0 aliphatic rings. The van der Waals surface area contributed by atoms with Crippen molar-refractivity contribution in [2.24, 2.45) is 0 Å². The molecule has 0 radical (unpaired) electrons. The number of nitrogens with zero attached hydrogens (tertiary/aromatic N) is 1. The Morgan fingerprint density at radius 1 is 1.23 bits per heavy atom. The number of hydrogen-bond acceptors (Lipinski definition) is 5. The van der Waals surface area contributed by atoms with E-state index in [1.165, 1.54) is 0 Å². The van der Waals surface area contributed by atoms with Crippen LogP contribution in [0.2, 0.25) is 0 Å². The second-order valence-corrected chi connectivity index (χ2v) is 6.61. The number of amides is 1. The molecular weight excluding hydrogens is 350 g/mol. The predicted molar refractivity (Wildman–Crippen MR) is 101 cm³/mol. The Balaban J connectivity index is 1.60. The minimum atomic E-state index is -0.357. The summed E-state index contributed by atoms with van der Waals surface area (Å²) in [5.74, 6) is -0.674. The molecule has 1 aromatic carbocycles.